The second kappa shape index (κ2) is 51.2. The van der Waals surface area contributed by atoms with Crippen molar-refractivity contribution in [3.05, 3.63) is 12.2 Å². The molecule has 0 saturated carbocycles. The standard InChI is InChI=1S/C65H125NO13/c1-3-5-7-9-11-13-15-17-19-21-23-24-25-26-27-28-29-30-31-32-34-36-38-40-42-44-46-48-54(69)53(66-57(70)49-47-45-43-41-39-37-35-33-22-20-18-16-14-12-10-8-6-4-2)52-76-64-62(75)60(73)63(56(51-68)78-64)79-65-61(74)59(72)58(71)55(50-67)77-65/h46,48,53-56,58-65,67-69,71-75H,3-45,47,49-52H2,1-2H3,(H,66,70)/b48-46+. The van der Waals surface area contributed by atoms with Gasteiger partial charge in [0, 0.05) is 6.42 Å². The van der Waals surface area contributed by atoms with Crippen LogP contribution in [0.5, 0.6) is 0 Å². The Bertz CT molecular complexity index is 1380. The minimum Gasteiger partial charge on any atom is -0.394 e. The van der Waals surface area contributed by atoms with E-state index in [0.29, 0.717) is 6.42 Å². The maximum atomic E-state index is 13.3. The molecular formula is C65H125NO13. The van der Waals surface area contributed by atoms with Crippen LogP contribution in [0.15, 0.2) is 12.2 Å². The average molecular weight is 1130 g/mol. The van der Waals surface area contributed by atoms with E-state index in [1.807, 2.05) is 6.08 Å². The van der Waals surface area contributed by atoms with Crippen LogP contribution in [0.2, 0.25) is 0 Å². The Hall–Kier alpha value is -1.27. The number of allylic oxidation sites excluding steroid dienone is 1. The number of hydrogen-bond donors (Lipinski definition) is 9. The fourth-order valence-corrected chi connectivity index (χ4v) is 11.4. The topological polar surface area (TPSA) is 228 Å². The number of carbonyl (C=O) groups excluding carboxylic acids is 1. The Kier molecular flexibility index (Phi) is 47.8. The number of unbranched alkanes of at least 4 members (excludes halogenated alkanes) is 42. The summed E-state index contributed by atoms with van der Waals surface area (Å²) in [6.07, 6.45) is 44.0. The van der Waals surface area contributed by atoms with Crippen molar-refractivity contribution in [2.45, 2.75) is 376 Å². The van der Waals surface area contributed by atoms with Gasteiger partial charge >= 0.3 is 0 Å². The highest BCUT2D eigenvalue weighted by Gasteiger charge is 2.51. The highest BCUT2D eigenvalue weighted by Crippen LogP contribution is 2.30. The van der Waals surface area contributed by atoms with Gasteiger partial charge in [-0.3, -0.25) is 4.79 Å². The van der Waals surface area contributed by atoms with E-state index in [4.69, 9.17) is 18.9 Å². The summed E-state index contributed by atoms with van der Waals surface area (Å²) in [5.41, 5.74) is 0. The molecule has 2 heterocycles. The van der Waals surface area contributed by atoms with Gasteiger partial charge in [0.2, 0.25) is 5.91 Å². The number of ether oxygens (including phenoxy) is 4. The van der Waals surface area contributed by atoms with Crippen molar-refractivity contribution >= 4 is 5.91 Å². The van der Waals surface area contributed by atoms with Crippen LogP contribution in [0.4, 0.5) is 0 Å². The Morgan fingerprint density at radius 1 is 0.443 bits per heavy atom. The van der Waals surface area contributed by atoms with Gasteiger partial charge in [-0.1, -0.05) is 289 Å². The molecule has 79 heavy (non-hydrogen) atoms. The molecule has 2 aliphatic heterocycles. The lowest BCUT2D eigenvalue weighted by Gasteiger charge is -2.46. The molecule has 0 spiro atoms. The zero-order chi connectivity index (χ0) is 57.4. The monoisotopic (exact) mass is 1130 g/mol. The summed E-state index contributed by atoms with van der Waals surface area (Å²) in [5.74, 6) is -0.232. The Morgan fingerprint density at radius 2 is 0.785 bits per heavy atom. The lowest BCUT2D eigenvalue weighted by atomic mass is 9.97. The van der Waals surface area contributed by atoms with Gasteiger partial charge in [0.15, 0.2) is 12.6 Å². The van der Waals surface area contributed by atoms with Crippen LogP contribution in [-0.2, 0) is 23.7 Å². The Labute approximate surface area is 482 Å². The van der Waals surface area contributed by atoms with Crippen LogP contribution in [0.25, 0.3) is 0 Å². The number of aliphatic hydroxyl groups is 8. The van der Waals surface area contributed by atoms with E-state index in [-0.39, 0.29) is 18.9 Å². The molecule has 0 aromatic heterocycles. The minimum absolute atomic E-state index is 0.232. The van der Waals surface area contributed by atoms with E-state index >= 15 is 0 Å². The summed E-state index contributed by atoms with van der Waals surface area (Å²) in [6.45, 7) is 2.85. The molecule has 12 atom stereocenters. The maximum Gasteiger partial charge on any atom is 0.220 e. The highest BCUT2D eigenvalue weighted by molar-refractivity contribution is 5.76. The van der Waals surface area contributed by atoms with Gasteiger partial charge in [0.05, 0.1) is 32.0 Å². The molecule has 1 amide bonds. The third-order valence-electron chi connectivity index (χ3n) is 16.7. The number of hydrogen-bond acceptors (Lipinski definition) is 13. The normalized spacial score (nSPS) is 24.4. The molecule has 14 nitrogen and oxygen atoms in total. The van der Waals surface area contributed by atoms with Gasteiger partial charge in [0.25, 0.3) is 0 Å². The summed E-state index contributed by atoms with van der Waals surface area (Å²) in [4.78, 5) is 13.3. The zero-order valence-corrected chi connectivity index (χ0v) is 50.6. The highest BCUT2D eigenvalue weighted by atomic mass is 16.7. The van der Waals surface area contributed by atoms with Gasteiger partial charge in [-0.05, 0) is 19.3 Å². The van der Waals surface area contributed by atoms with E-state index < -0.39 is 86.8 Å². The average Bonchev–Trinajstić information content (AvgIpc) is 3.47. The minimum atomic E-state index is -1.79. The molecule has 0 bridgehead atoms. The second-order valence-corrected chi connectivity index (χ2v) is 24.0. The molecule has 2 rings (SSSR count). The Morgan fingerprint density at radius 3 is 1.16 bits per heavy atom. The predicted molar refractivity (Wildman–Crippen MR) is 319 cm³/mol. The van der Waals surface area contributed by atoms with Crippen LogP contribution >= 0.6 is 0 Å². The Balaban J connectivity index is 1.70. The van der Waals surface area contributed by atoms with Crippen molar-refractivity contribution in [3.8, 4) is 0 Å². The molecule has 0 radical (unpaired) electrons. The van der Waals surface area contributed by atoms with E-state index in [2.05, 4.69) is 19.2 Å². The van der Waals surface area contributed by atoms with Crippen LogP contribution in [-0.4, -0.2) is 140 Å². The summed E-state index contributed by atoms with van der Waals surface area (Å²) in [5, 5.41) is 87.3. The van der Waals surface area contributed by atoms with E-state index in [0.717, 1.165) is 38.5 Å². The van der Waals surface area contributed by atoms with Gasteiger partial charge in [-0.25, -0.2) is 0 Å². The molecule has 14 heteroatoms. The molecule has 2 saturated heterocycles. The smallest absolute Gasteiger partial charge is 0.220 e. The first-order valence-corrected chi connectivity index (χ1v) is 33.4. The third kappa shape index (κ3) is 36.2. The number of aliphatic hydroxyl groups excluding tert-OH is 8. The fraction of sp³-hybridized carbons (Fsp3) is 0.954. The molecule has 468 valence electrons. The second-order valence-electron chi connectivity index (χ2n) is 24.0. The first-order valence-electron chi connectivity index (χ1n) is 33.4. The number of rotatable bonds is 55. The van der Waals surface area contributed by atoms with Crippen molar-refractivity contribution in [1.29, 1.82) is 0 Å². The molecule has 2 aliphatic rings. The number of amides is 1. The molecular weight excluding hydrogens is 1000 g/mol. The number of carbonyl (C=O) groups is 1. The molecule has 9 N–H and O–H groups in total. The maximum absolute atomic E-state index is 13.3. The van der Waals surface area contributed by atoms with E-state index in [9.17, 15) is 45.6 Å². The SMILES string of the molecule is CCCCCCCCCCCCCCCCCCCCCCCCCCC/C=C/C(O)C(COC1OC(CO)C(OC2OC(CO)C(O)C(O)C2O)C(O)C1O)NC(=O)CCCCCCCCCCCCCCCCCCCC. The summed E-state index contributed by atoms with van der Waals surface area (Å²) in [7, 11) is 0. The van der Waals surface area contributed by atoms with Crippen molar-refractivity contribution in [2.75, 3.05) is 19.8 Å². The first kappa shape index (κ1) is 73.8. The van der Waals surface area contributed by atoms with Crippen LogP contribution in [0.3, 0.4) is 0 Å². The number of nitrogens with one attached hydrogen (secondary N) is 1. The fourth-order valence-electron chi connectivity index (χ4n) is 11.4. The van der Waals surface area contributed by atoms with Crippen LogP contribution in [0.1, 0.15) is 303 Å². The van der Waals surface area contributed by atoms with Crippen molar-refractivity contribution in [2.24, 2.45) is 0 Å². The van der Waals surface area contributed by atoms with Crippen molar-refractivity contribution in [3.63, 3.8) is 0 Å². The quantitative estimate of drug-likeness (QED) is 0.0204. The lowest BCUT2D eigenvalue weighted by Crippen LogP contribution is -2.65. The van der Waals surface area contributed by atoms with Gasteiger partial charge in [-0.2, -0.15) is 0 Å². The van der Waals surface area contributed by atoms with Gasteiger partial charge in [-0.15, -0.1) is 0 Å². The molecule has 12 unspecified atom stereocenters. The molecule has 0 aromatic carbocycles. The lowest BCUT2D eigenvalue weighted by molar-refractivity contribution is -0.359. The van der Waals surface area contributed by atoms with Gasteiger partial charge in [0.1, 0.15) is 48.8 Å². The van der Waals surface area contributed by atoms with Crippen molar-refractivity contribution in [1.82, 2.24) is 5.32 Å². The van der Waals surface area contributed by atoms with Crippen LogP contribution < -0.4 is 5.32 Å². The first-order chi connectivity index (χ1) is 38.6. The largest absolute Gasteiger partial charge is 0.394 e. The predicted octanol–water partition coefficient (Wildman–Crippen LogP) is 12.6. The summed E-state index contributed by atoms with van der Waals surface area (Å²) < 4.78 is 22.8. The molecule has 0 aliphatic carbocycles. The summed E-state index contributed by atoms with van der Waals surface area (Å²) >= 11 is 0. The molecule has 2 fully saturated rings. The summed E-state index contributed by atoms with van der Waals surface area (Å²) in [6, 6.07) is -0.910. The zero-order valence-electron chi connectivity index (χ0n) is 50.6. The third-order valence-corrected chi connectivity index (χ3v) is 16.7. The van der Waals surface area contributed by atoms with Crippen molar-refractivity contribution < 1.29 is 64.6 Å². The molecule has 0 aromatic rings. The van der Waals surface area contributed by atoms with Crippen LogP contribution in [0, 0.1) is 0 Å². The van der Waals surface area contributed by atoms with E-state index in [1.54, 1.807) is 6.08 Å². The van der Waals surface area contributed by atoms with Gasteiger partial charge < -0.3 is 65.1 Å². The van der Waals surface area contributed by atoms with E-state index in [1.165, 1.54) is 238 Å².